The van der Waals surface area contributed by atoms with Crippen molar-refractivity contribution in [2.75, 3.05) is 16.0 Å². The Bertz CT molecular complexity index is 1110. The van der Waals surface area contributed by atoms with Gasteiger partial charge >= 0.3 is 6.03 Å². The number of amides is 3. The number of benzene rings is 1. The van der Waals surface area contributed by atoms with Crippen LogP contribution in [0.3, 0.4) is 0 Å². The van der Waals surface area contributed by atoms with E-state index in [0.29, 0.717) is 28.5 Å². The highest BCUT2D eigenvalue weighted by molar-refractivity contribution is 6.35. The summed E-state index contributed by atoms with van der Waals surface area (Å²) >= 11 is 0. The molecule has 1 aliphatic rings. The fraction of sp³-hybridized carbons (Fsp3) is 0.200. The lowest BCUT2D eigenvalue weighted by molar-refractivity contribution is -0.110. The highest BCUT2D eigenvalue weighted by Crippen LogP contribution is 2.35. The molecule has 2 aromatic heterocycles. The van der Waals surface area contributed by atoms with Crippen molar-refractivity contribution in [1.82, 2.24) is 15.1 Å². The zero-order valence-corrected chi connectivity index (χ0v) is 16.2. The van der Waals surface area contributed by atoms with Crippen molar-refractivity contribution in [3.05, 3.63) is 53.8 Å². The molecule has 0 aliphatic carbocycles. The zero-order valence-electron chi connectivity index (χ0n) is 16.2. The van der Waals surface area contributed by atoms with Gasteiger partial charge in [-0.1, -0.05) is 32.0 Å². The molecule has 29 heavy (non-hydrogen) atoms. The van der Waals surface area contributed by atoms with E-state index in [2.05, 4.69) is 31.1 Å². The first kappa shape index (κ1) is 18.5. The summed E-state index contributed by atoms with van der Waals surface area (Å²) in [5.41, 5.74) is 2.95. The van der Waals surface area contributed by atoms with Crippen LogP contribution in [-0.2, 0) is 10.2 Å². The van der Waals surface area contributed by atoms with Gasteiger partial charge in [0.15, 0.2) is 5.82 Å². The Morgan fingerprint density at radius 1 is 1.21 bits per heavy atom. The normalized spacial score (nSPS) is 14.6. The molecule has 0 radical (unpaired) electrons. The molecule has 3 aromatic rings. The van der Waals surface area contributed by atoms with Crippen LogP contribution < -0.4 is 16.0 Å². The van der Waals surface area contributed by atoms with Crippen molar-refractivity contribution in [2.24, 2.45) is 0 Å². The van der Waals surface area contributed by atoms with Gasteiger partial charge in [-0.05, 0) is 18.2 Å². The summed E-state index contributed by atoms with van der Waals surface area (Å²) in [5, 5.41) is 12.0. The fourth-order valence-corrected chi connectivity index (χ4v) is 2.88. The summed E-state index contributed by atoms with van der Waals surface area (Å²) in [6.07, 6.45) is 4.91. The quantitative estimate of drug-likeness (QED) is 0.504. The van der Waals surface area contributed by atoms with Crippen molar-refractivity contribution in [3.63, 3.8) is 0 Å². The maximum Gasteiger partial charge on any atom is 0.324 e. The van der Waals surface area contributed by atoms with Gasteiger partial charge in [0.2, 0.25) is 0 Å². The molecule has 0 atom stereocenters. The number of rotatable bonds is 3. The fourth-order valence-electron chi connectivity index (χ4n) is 2.88. The number of fused-ring (bicyclic) bond motifs is 1. The van der Waals surface area contributed by atoms with Crippen LogP contribution in [0.25, 0.3) is 11.6 Å². The second kappa shape index (κ2) is 6.93. The average Bonchev–Trinajstić information content (AvgIpc) is 3.36. The molecule has 4 N–H and O–H groups in total. The van der Waals surface area contributed by atoms with Crippen molar-refractivity contribution < 1.29 is 14.1 Å². The number of aromatic amines is 1. The van der Waals surface area contributed by atoms with Gasteiger partial charge in [-0.15, -0.1) is 0 Å². The molecule has 1 aromatic carbocycles. The summed E-state index contributed by atoms with van der Waals surface area (Å²) in [6.45, 7) is 5.97. The third-order valence-corrected chi connectivity index (χ3v) is 4.37. The molecule has 148 valence electrons. The number of hydrogen-bond acceptors (Lipinski definition) is 5. The minimum absolute atomic E-state index is 0.205. The summed E-state index contributed by atoms with van der Waals surface area (Å²) < 4.78 is 5.25. The lowest BCUT2D eigenvalue weighted by Gasteiger charge is -2.12. The number of carbonyl (C=O) groups excluding carboxylic acids is 2. The van der Waals surface area contributed by atoms with E-state index in [9.17, 15) is 9.59 Å². The molecule has 9 nitrogen and oxygen atoms in total. The van der Waals surface area contributed by atoms with E-state index < -0.39 is 6.03 Å². The number of hydrogen-bond donors (Lipinski definition) is 4. The predicted octanol–water partition coefficient (Wildman–Crippen LogP) is 3.83. The third kappa shape index (κ3) is 3.88. The van der Waals surface area contributed by atoms with E-state index >= 15 is 0 Å². The third-order valence-electron chi connectivity index (χ3n) is 4.37. The van der Waals surface area contributed by atoms with E-state index in [-0.39, 0.29) is 11.3 Å². The molecular formula is C20H20N6O3. The van der Waals surface area contributed by atoms with Crippen molar-refractivity contribution in [1.29, 1.82) is 0 Å². The van der Waals surface area contributed by atoms with Crippen LogP contribution in [0.5, 0.6) is 0 Å². The second-order valence-corrected chi connectivity index (χ2v) is 7.68. The Balaban J connectivity index is 1.47. The number of carbonyl (C=O) groups is 2. The van der Waals surface area contributed by atoms with E-state index in [0.717, 1.165) is 11.3 Å². The number of aromatic nitrogens is 3. The summed E-state index contributed by atoms with van der Waals surface area (Å²) in [4.78, 5) is 31.4. The maximum absolute atomic E-state index is 12.3. The molecule has 0 fully saturated rings. The Morgan fingerprint density at radius 3 is 2.72 bits per heavy atom. The monoisotopic (exact) mass is 392 g/mol. The number of nitrogens with zero attached hydrogens (tertiary/aromatic N) is 2. The van der Waals surface area contributed by atoms with Crippen molar-refractivity contribution in [2.45, 2.75) is 26.2 Å². The largest absolute Gasteiger partial charge is 0.359 e. The molecule has 3 amide bonds. The van der Waals surface area contributed by atoms with Crippen LogP contribution in [-0.4, -0.2) is 27.1 Å². The van der Waals surface area contributed by atoms with Gasteiger partial charge in [0.05, 0.1) is 29.5 Å². The molecule has 4 rings (SSSR count). The smallest absolute Gasteiger partial charge is 0.324 e. The minimum Gasteiger partial charge on any atom is -0.359 e. The molecule has 0 spiro atoms. The number of urea groups is 1. The number of imidazole rings is 1. The Morgan fingerprint density at radius 2 is 2.03 bits per heavy atom. The van der Waals surface area contributed by atoms with Crippen molar-refractivity contribution in [3.8, 4) is 0 Å². The second-order valence-electron chi connectivity index (χ2n) is 7.68. The minimum atomic E-state index is -0.462. The highest BCUT2D eigenvalue weighted by Gasteiger charge is 2.25. The SMILES string of the molecule is CC(C)(C)c1cc(NC(=O)Nc2ccc3c(c2)NC(=O)/C3=C\c2cnc[nH]2)no1. The lowest BCUT2D eigenvalue weighted by atomic mass is 9.93. The number of anilines is 3. The van der Waals surface area contributed by atoms with Crippen LogP contribution in [0.15, 0.2) is 41.3 Å². The van der Waals surface area contributed by atoms with Gasteiger partial charge < -0.3 is 20.1 Å². The zero-order chi connectivity index (χ0) is 20.6. The first-order chi connectivity index (χ1) is 13.8. The van der Waals surface area contributed by atoms with Crippen LogP contribution in [0, 0.1) is 0 Å². The van der Waals surface area contributed by atoms with Gasteiger partial charge in [-0.3, -0.25) is 10.1 Å². The van der Waals surface area contributed by atoms with Crippen molar-refractivity contribution >= 4 is 40.8 Å². The maximum atomic E-state index is 12.3. The lowest BCUT2D eigenvalue weighted by Crippen LogP contribution is -2.19. The summed E-state index contributed by atoms with van der Waals surface area (Å²) in [7, 11) is 0. The van der Waals surface area contributed by atoms with Gasteiger partial charge in [0.1, 0.15) is 5.76 Å². The summed E-state index contributed by atoms with van der Waals surface area (Å²) in [6, 6.07) is 6.43. The van der Waals surface area contributed by atoms with Crippen LogP contribution in [0.4, 0.5) is 22.0 Å². The molecule has 0 saturated heterocycles. The van der Waals surface area contributed by atoms with E-state index in [1.165, 1.54) is 0 Å². The highest BCUT2D eigenvalue weighted by atomic mass is 16.5. The van der Waals surface area contributed by atoms with Gasteiger partial charge in [0.25, 0.3) is 5.91 Å². The van der Waals surface area contributed by atoms with E-state index in [1.54, 1.807) is 42.9 Å². The van der Waals surface area contributed by atoms with E-state index in [4.69, 9.17) is 4.52 Å². The Hall–Kier alpha value is -3.88. The van der Waals surface area contributed by atoms with E-state index in [1.807, 2.05) is 20.8 Å². The topological polar surface area (TPSA) is 125 Å². The van der Waals surface area contributed by atoms with Crippen LogP contribution in [0.1, 0.15) is 37.8 Å². The first-order valence-corrected chi connectivity index (χ1v) is 9.01. The van der Waals surface area contributed by atoms with Crippen LogP contribution in [0.2, 0.25) is 0 Å². The molecule has 0 saturated carbocycles. The molecule has 1 aliphatic heterocycles. The predicted molar refractivity (Wildman–Crippen MR) is 109 cm³/mol. The first-order valence-electron chi connectivity index (χ1n) is 9.01. The molecule has 3 heterocycles. The molecule has 0 bridgehead atoms. The standard InChI is InChI=1S/C20H20N6O3/c1-20(2,3)16-8-17(26-29-16)25-19(28)23-11-4-5-13-14(6-12-9-21-10-22-12)18(27)24-15(13)7-11/h4-10H,1-3H3,(H,21,22)(H,24,27)(H2,23,25,26,28)/b14-6-. The molecule has 9 heteroatoms. The van der Waals surface area contributed by atoms with Gasteiger partial charge in [-0.2, -0.15) is 0 Å². The molecule has 0 unspecified atom stereocenters. The summed E-state index contributed by atoms with van der Waals surface area (Å²) in [5.74, 6) is 0.782. The Kier molecular flexibility index (Phi) is 4.42. The number of H-pyrrole nitrogens is 1. The number of nitrogens with one attached hydrogen (secondary N) is 4. The van der Waals surface area contributed by atoms with Gasteiger partial charge in [-0.25, -0.2) is 9.78 Å². The average molecular weight is 392 g/mol. The van der Waals surface area contributed by atoms with Gasteiger partial charge in [0, 0.05) is 22.7 Å². The Labute approximate surface area is 166 Å². The van der Waals surface area contributed by atoms with Crippen LogP contribution >= 0.6 is 0 Å². The molecular weight excluding hydrogens is 372 g/mol.